The summed E-state index contributed by atoms with van der Waals surface area (Å²) in [5.41, 5.74) is 0.932. The highest BCUT2D eigenvalue weighted by atomic mass is 32.1. The van der Waals surface area contributed by atoms with E-state index in [2.05, 4.69) is 52.7 Å². The Kier molecular flexibility index (Phi) is 3.84. The highest BCUT2D eigenvalue weighted by molar-refractivity contribution is 7.10. The van der Waals surface area contributed by atoms with Crippen molar-refractivity contribution in [1.82, 2.24) is 4.90 Å². The summed E-state index contributed by atoms with van der Waals surface area (Å²) in [6.45, 7) is 0. The monoisotopic (exact) mass is 296 g/mol. The van der Waals surface area contributed by atoms with Crippen LogP contribution < -0.4 is 0 Å². The van der Waals surface area contributed by atoms with Crippen LogP contribution in [0.5, 0.6) is 0 Å². The number of hydrogen-bond donors (Lipinski definition) is 0. The SMILES string of the molecule is CN(C)C(C#N)(C[C@@H]1C[C@H]1c1ccccc1)c1cccs1. The van der Waals surface area contributed by atoms with Gasteiger partial charge in [0, 0.05) is 4.88 Å². The Hall–Kier alpha value is -1.63. The van der Waals surface area contributed by atoms with Crippen molar-refractivity contribution < 1.29 is 0 Å². The smallest absolute Gasteiger partial charge is 0.143 e. The summed E-state index contributed by atoms with van der Waals surface area (Å²) in [5, 5.41) is 11.9. The van der Waals surface area contributed by atoms with E-state index in [1.54, 1.807) is 11.3 Å². The van der Waals surface area contributed by atoms with Gasteiger partial charge in [0.15, 0.2) is 0 Å². The maximum atomic E-state index is 9.87. The van der Waals surface area contributed by atoms with Crippen molar-refractivity contribution in [3.8, 4) is 6.07 Å². The average molecular weight is 296 g/mol. The Morgan fingerprint density at radius 3 is 2.57 bits per heavy atom. The molecule has 1 aliphatic carbocycles. The third-order valence-corrected chi connectivity index (χ3v) is 5.61. The minimum atomic E-state index is -0.484. The predicted octanol–water partition coefficient (Wildman–Crippen LogP) is 4.22. The fourth-order valence-electron chi connectivity index (χ4n) is 3.18. The van der Waals surface area contributed by atoms with Crippen LogP contribution in [0.2, 0.25) is 0 Å². The molecule has 0 amide bonds. The number of benzene rings is 1. The molecule has 2 nitrogen and oxygen atoms in total. The molecule has 1 saturated carbocycles. The molecule has 2 aromatic rings. The molecule has 3 heteroatoms. The Morgan fingerprint density at radius 2 is 2.00 bits per heavy atom. The normalized spacial score (nSPS) is 23.5. The number of rotatable bonds is 5. The summed E-state index contributed by atoms with van der Waals surface area (Å²) < 4.78 is 0. The minimum Gasteiger partial charge on any atom is -0.287 e. The van der Waals surface area contributed by atoms with Crippen molar-refractivity contribution in [2.45, 2.75) is 24.3 Å². The summed E-state index contributed by atoms with van der Waals surface area (Å²) in [7, 11) is 4.03. The molecule has 0 spiro atoms. The molecule has 3 atom stereocenters. The van der Waals surface area contributed by atoms with E-state index in [1.807, 2.05) is 20.2 Å². The quantitative estimate of drug-likeness (QED) is 0.826. The van der Waals surface area contributed by atoms with Gasteiger partial charge in [0.2, 0.25) is 0 Å². The number of hydrogen-bond acceptors (Lipinski definition) is 3. The van der Waals surface area contributed by atoms with Gasteiger partial charge in [0.25, 0.3) is 0 Å². The van der Waals surface area contributed by atoms with Gasteiger partial charge in [-0.15, -0.1) is 11.3 Å². The van der Waals surface area contributed by atoms with Crippen molar-refractivity contribution >= 4 is 11.3 Å². The Labute approximate surface area is 130 Å². The van der Waals surface area contributed by atoms with Gasteiger partial charge >= 0.3 is 0 Å². The Balaban J connectivity index is 1.81. The topological polar surface area (TPSA) is 27.0 Å². The molecule has 0 aliphatic heterocycles. The first kappa shape index (κ1) is 14.3. The lowest BCUT2D eigenvalue weighted by Gasteiger charge is -2.33. The highest BCUT2D eigenvalue weighted by Crippen LogP contribution is 2.54. The number of thiophene rings is 1. The first-order valence-corrected chi connectivity index (χ1v) is 8.23. The van der Waals surface area contributed by atoms with Crippen molar-refractivity contribution in [3.05, 3.63) is 58.3 Å². The van der Waals surface area contributed by atoms with E-state index in [0.29, 0.717) is 11.8 Å². The lowest BCUT2D eigenvalue weighted by molar-refractivity contribution is 0.198. The highest BCUT2D eigenvalue weighted by Gasteiger charge is 2.47. The zero-order chi connectivity index (χ0) is 14.9. The van der Waals surface area contributed by atoms with E-state index >= 15 is 0 Å². The third kappa shape index (κ3) is 2.62. The Bertz CT molecular complexity index is 627. The minimum absolute atomic E-state index is 0.484. The van der Waals surface area contributed by atoms with Gasteiger partial charge < -0.3 is 0 Å². The van der Waals surface area contributed by atoms with Crippen LogP contribution in [-0.4, -0.2) is 19.0 Å². The molecular weight excluding hydrogens is 276 g/mol. The Morgan fingerprint density at radius 1 is 1.24 bits per heavy atom. The second kappa shape index (κ2) is 5.63. The molecule has 3 rings (SSSR count). The van der Waals surface area contributed by atoms with Crippen molar-refractivity contribution in [2.75, 3.05) is 14.1 Å². The summed E-state index contributed by atoms with van der Waals surface area (Å²) >= 11 is 1.69. The maximum absolute atomic E-state index is 9.87. The van der Waals surface area contributed by atoms with Crippen LogP contribution in [0.25, 0.3) is 0 Å². The molecule has 0 radical (unpaired) electrons. The van der Waals surface area contributed by atoms with E-state index in [-0.39, 0.29) is 0 Å². The fourth-order valence-corrected chi connectivity index (χ4v) is 4.15. The molecular formula is C18H20N2S. The zero-order valence-corrected chi connectivity index (χ0v) is 13.3. The van der Waals surface area contributed by atoms with E-state index in [0.717, 1.165) is 11.3 Å². The lowest BCUT2D eigenvalue weighted by Crippen LogP contribution is -2.40. The lowest BCUT2D eigenvalue weighted by atomic mass is 9.89. The number of nitrogens with zero attached hydrogens (tertiary/aromatic N) is 2. The van der Waals surface area contributed by atoms with Gasteiger partial charge in [0.1, 0.15) is 5.54 Å². The molecule has 0 saturated heterocycles. The van der Waals surface area contributed by atoms with Crippen molar-refractivity contribution in [2.24, 2.45) is 5.92 Å². The molecule has 1 aromatic heterocycles. The van der Waals surface area contributed by atoms with E-state index in [4.69, 9.17) is 0 Å². The van der Waals surface area contributed by atoms with E-state index in [9.17, 15) is 5.26 Å². The van der Waals surface area contributed by atoms with Crippen LogP contribution in [0.15, 0.2) is 47.8 Å². The molecule has 1 aromatic carbocycles. The number of nitriles is 1. The van der Waals surface area contributed by atoms with Gasteiger partial charge in [-0.1, -0.05) is 36.4 Å². The van der Waals surface area contributed by atoms with E-state index in [1.165, 1.54) is 12.0 Å². The van der Waals surface area contributed by atoms with Crippen LogP contribution >= 0.6 is 11.3 Å². The summed E-state index contributed by atoms with van der Waals surface area (Å²) in [4.78, 5) is 3.24. The molecule has 0 N–H and O–H groups in total. The molecule has 108 valence electrons. The molecule has 1 heterocycles. The predicted molar refractivity (Wildman–Crippen MR) is 87.2 cm³/mol. The fraction of sp³-hybridized carbons (Fsp3) is 0.389. The molecule has 0 bridgehead atoms. The van der Waals surface area contributed by atoms with Crippen molar-refractivity contribution in [3.63, 3.8) is 0 Å². The van der Waals surface area contributed by atoms with Crippen LogP contribution in [0.3, 0.4) is 0 Å². The molecule has 1 aliphatic rings. The van der Waals surface area contributed by atoms with Gasteiger partial charge in [0.05, 0.1) is 6.07 Å². The second-order valence-electron chi connectivity index (χ2n) is 6.06. The van der Waals surface area contributed by atoms with Gasteiger partial charge in [-0.2, -0.15) is 5.26 Å². The largest absolute Gasteiger partial charge is 0.287 e. The van der Waals surface area contributed by atoms with Gasteiger partial charge in [-0.05, 0) is 55.8 Å². The maximum Gasteiger partial charge on any atom is 0.143 e. The second-order valence-corrected chi connectivity index (χ2v) is 7.01. The van der Waals surface area contributed by atoms with Crippen LogP contribution in [0.4, 0.5) is 0 Å². The third-order valence-electron chi connectivity index (χ3n) is 4.59. The first-order valence-electron chi connectivity index (χ1n) is 7.35. The first-order chi connectivity index (χ1) is 10.2. The molecule has 1 fully saturated rings. The van der Waals surface area contributed by atoms with Gasteiger partial charge in [-0.3, -0.25) is 4.90 Å². The average Bonchev–Trinajstić information content (AvgIpc) is 3.04. The van der Waals surface area contributed by atoms with E-state index < -0.39 is 5.54 Å². The molecule has 1 unspecified atom stereocenters. The standard InChI is InChI=1S/C18H20N2S/c1-20(2)18(13-19,17-9-6-10-21-17)12-15-11-16(15)14-7-4-3-5-8-14/h3-10,15-16H,11-12H2,1-2H3/t15-,16-,18?/m0/s1. The zero-order valence-electron chi connectivity index (χ0n) is 12.5. The van der Waals surface area contributed by atoms with Crippen LogP contribution in [-0.2, 0) is 5.54 Å². The van der Waals surface area contributed by atoms with Crippen LogP contribution in [0, 0.1) is 17.2 Å². The van der Waals surface area contributed by atoms with Gasteiger partial charge in [-0.25, -0.2) is 0 Å². The van der Waals surface area contributed by atoms with Crippen LogP contribution in [0.1, 0.15) is 29.2 Å². The summed E-state index contributed by atoms with van der Waals surface area (Å²) in [5.74, 6) is 1.23. The van der Waals surface area contributed by atoms with Crippen molar-refractivity contribution in [1.29, 1.82) is 5.26 Å². The summed E-state index contributed by atoms with van der Waals surface area (Å²) in [6, 6.07) is 17.4. The summed E-state index contributed by atoms with van der Waals surface area (Å²) in [6.07, 6.45) is 2.11. The molecule has 21 heavy (non-hydrogen) atoms.